The van der Waals surface area contributed by atoms with Crippen molar-refractivity contribution in [3.63, 3.8) is 0 Å². The van der Waals surface area contributed by atoms with Crippen molar-refractivity contribution >= 4 is 12.0 Å². The lowest BCUT2D eigenvalue weighted by molar-refractivity contribution is 0.0697. The van der Waals surface area contributed by atoms with Crippen molar-refractivity contribution in [2.24, 2.45) is 5.92 Å². The van der Waals surface area contributed by atoms with Crippen LogP contribution in [0.3, 0.4) is 0 Å². The lowest BCUT2D eigenvalue weighted by Crippen LogP contribution is -2.45. The Kier molecular flexibility index (Phi) is 5.69. The SMILES string of the molecule is O=C(c1coc(CN2CCN(C/C=C/c3ccccc3)CC2)n1)N1C[C@H]2CC[C@H]1C2. The molecule has 2 aromatic rings. The minimum Gasteiger partial charge on any atom is -0.447 e. The lowest BCUT2D eigenvalue weighted by Gasteiger charge is -2.33. The number of nitrogens with zero attached hydrogens (tertiary/aromatic N) is 4. The van der Waals surface area contributed by atoms with Crippen LogP contribution in [-0.4, -0.2) is 70.9 Å². The van der Waals surface area contributed by atoms with Crippen LogP contribution < -0.4 is 0 Å². The Morgan fingerprint density at radius 1 is 1.10 bits per heavy atom. The molecule has 0 spiro atoms. The van der Waals surface area contributed by atoms with E-state index in [2.05, 4.69) is 51.2 Å². The molecule has 1 amide bonds. The number of oxazole rings is 1. The van der Waals surface area contributed by atoms with E-state index in [0.717, 1.165) is 45.7 Å². The highest BCUT2D eigenvalue weighted by atomic mass is 16.3. The fourth-order valence-corrected chi connectivity index (χ4v) is 5.03. The number of hydrogen-bond acceptors (Lipinski definition) is 5. The molecule has 0 unspecified atom stereocenters. The average Bonchev–Trinajstić information content (AvgIpc) is 3.53. The summed E-state index contributed by atoms with van der Waals surface area (Å²) in [7, 11) is 0. The number of carbonyl (C=O) groups is 1. The van der Waals surface area contributed by atoms with Crippen molar-refractivity contribution in [1.82, 2.24) is 19.7 Å². The van der Waals surface area contributed by atoms with E-state index in [-0.39, 0.29) is 5.91 Å². The van der Waals surface area contributed by atoms with Crippen molar-refractivity contribution in [2.75, 3.05) is 39.3 Å². The second-order valence-corrected chi connectivity index (χ2v) is 8.81. The van der Waals surface area contributed by atoms with Crippen molar-refractivity contribution in [1.29, 1.82) is 0 Å². The third-order valence-corrected chi connectivity index (χ3v) is 6.74. The highest BCUT2D eigenvalue weighted by molar-refractivity contribution is 5.92. The van der Waals surface area contributed by atoms with Gasteiger partial charge in [0, 0.05) is 45.3 Å². The molecular weight excluding hydrogens is 376 g/mol. The lowest BCUT2D eigenvalue weighted by atomic mass is 10.1. The van der Waals surface area contributed by atoms with Gasteiger partial charge in [-0.05, 0) is 30.7 Å². The van der Waals surface area contributed by atoms with E-state index in [4.69, 9.17) is 4.42 Å². The molecule has 5 rings (SSSR count). The van der Waals surface area contributed by atoms with Gasteiger partial charge in [0.1, 0.15) is 6.26 Å². The first kappa shape index (κ1) is 19.5. The number of benzene rings is 1. The first-order chi connectivity index (χ1) is 14.7. The number of likely N-dealkylation sites (tertiary alicyclic amines) is 1. The summed E-state index contributed by atoms with van der Waals surface area (Å²) in [5.41, 5.74) is 1.72. The normalized spacial score (nSPS) is 24.9. The van der Waals surface area contributed by atoms with Gasteiger partial charge in [0.05, 0.1) is 6.54 Å². The van der Waals surface area contributed by atoms with E-state index in [1.54, 1.807) is 6.26 Å². The van der Waals surface area contributed by atoms with E-state index in [0.29, 0.717) is 30.1 Å². The third kappa shape index (κ3) is 4.35. The van der Waals surface area contributed by atoms with Gasteiger partial charge in [-0.25, -0.2) is 4.98 Å². The molecule has 0 radical (unpaired) electrons. The van der Waals surface area contributed by atoms with E-state index in [1.165, 1.54) is 18.4 Å². The Labute approximate surface area is 178 Å². The summed E-state index contributed by atoms with van der Waals surface area (Å²) in [6, 6.07) is 10.8. The number of carbonyl (C=O) groups excluding carboxylic acids is 1. The average molecular weight is 407 g/mol. The maximum absolute atomic E-state index is 12.8. The number of fused-ring (bicyclic) bond motifs is 2. The molecule has 2 saturated heterocycles. The van der Waals surface area contributed by atoms with Crippen LogP contribution in [0.5, 0.6) is 0 Å². The van der Waals surface area contributed by atoms with Crippen molar-refractivity contribution in [2.45, 2.75) is 31.8 Å². The molecule has 30 heavy (non-hydrogen) atoms. The van der Waals surface area contributed by atoms with E-state index >= 15 is 0 Å². The number of amides is 1. The van der Waals surface area contributed by atoms with Crippen LogP contribution in [0.25, 0.3) is 6.08 Å². The van der Waals surface area contributed by atoms with Crippen molar-refractivity contribution in [3.8, 4) is 0 Å². The van der Waals surface area contributed by atoms with Crippen LogP contribution in [-0.2, 0) is 6.54 Å². The number of rotatable bonds is 6. The van der Waals surface area contributed by atoms with Crippen LogP contribution in [0.2, 0.25) is 0 Å². The maximum atomic E-state index is 12.8. The van der Waals surface area contributed by atoms with Gasteiger partial charge in [-0.15, -0.1) is 0 Å². The van der Waals surface area contributed by atoms with Gasteiger partial charge in [0.2, 0.25) is 5.89 Å². The highest BCUT2D eigenvalue weighted by Gasteiger charge is 2.41. The minimum atomic E-state index is 0.0484. The smallest absolute Gasteiger partial charge is 0.276 e. The van der Waals surface area contributed by atoms with Gasteiger partial charge in [-0.1, -0.05) is 42.5 Å². The van der Waals surface area contributed by atoms with Crippen molar-refractivity contribution in [3.05, 3.63) is 59.8 Å². The largest absolute Gasteiger partial charge is 0.447 e. The monoisotopic (exact) mass is 406 g/mol. The molecule has 1 aliphatic carbocycles. The Bertz CT molecular complexity index is 886. The first-order valence-corrected chi connectivity index (χ1v) is 11.2. The summed E-state index contributed by atoms with van der Waals surface area (Å²) in [5.74, 6) is 1.40. The first-order valence-electron chi connectivity index (χ1n) is 11.2. The van der Waals surface area contributed by atoms with Crippen LogP contribution in [0.4, 0.5) is 0 Å². The van der Waals surface area contributed by atoms with E-state index in [1.807, 2.05) is 11.0 Å². The zero-order chi connectivity index (χ0) is 20.3. The fraction of sp³-hybridized carbons (Fsp3) is 0.500. The zero-order valence-corrected chi connectivity index (χ0v) is 17.4. The number of aromatic nitrogens is 1. The number of hydrogen-bond donors (Lipinski definition) is 0. The minimum absolute atomic E-state index is 0.0484. The predicted molar refractivity (Wildman–Crippen MR) is 116 cm³/mol. The number of piperidine rings is 1. The van der Waals surface area contributed by atoms with Crippen LogP contribution in [0.15, 0.2) is 47.1 Å². The van der Waals surface area contributed by atoms with Crippen LogP contribution >= 0.6 is 0 Å². The molecule has 6 nitrogen and oxygen atoms in total. The topological polar surface area (TPSA) is 52.8 Å². The van der Waals surface area contributed by atoms with Crippen LogP contribution in [0, 0.1) is 5.92 Å². The Morgan fingerprint density at radius 3 is 2.63 bits per heavy atom. The summed E-state index contributed by atoms with van der Waals surface area (Å²) >= 11 is 0. The van der Waals surface area contributed by atoms with Gasteiger partial charge in [-0.3, -0.25) is 14.6 Å². The van der Waals surface area contributed by atoms with Gasteiger partial charge in [-0.2, -0.15) is 0 Å². The third-order valence-electron chi connectivity index (χ3n) is 6.74. The Hall–Kier alpha value is -2.44. The van der Waals surface area contributed by atoms with E-state index < -0.39 is 0 Å². The molecular formula is C24H30N4O2. The van der Waals surface area contributed by atoms with Gasteiger partial charge in [0.15, 0.2) is 5.69 Å². The van der Waals surface area contributed by atoms with E-state index in [9.17, 15) is 4.79 Å². The molecule has 1 aromatic carbocycles. The fourth-order valence-electron chi connectivity index (χ4n) is 5.03. The molecule has 158 valence electrons. The second-order valence-electron chi connectivity index (χ2n) is 8.81. The molecule has 0 N–H and O–H groups in total. The standard InChI is InChI=1S/C24H30N4O2/c29-24(28-16-20-8-9-21(28)15-20)22-18-30-23(25-22)17-27-13-11-26(12-14-27)10-4-7-19-5-2-1-3-6-19/h1-7,18,20-21H,8-17H2/b7-4+/t20-,21-/m0/s1. The molecule has 6 heteroatoms. The molecule has 1 saturated carbocycles. The molecule has 2 aliphatic heterocycles. The quantitative estimate of drug-likeness (QED) is 0.738. The van der Waals surface area contributed by atoms with Crippen LogP contribution in [0.1, 0.15) is 41.2 Å². The molecule has 1 aromatic heterocycles. The number of piperazine rings is 1. The highest BCUT2D eigenvalue weighted by Crippen LogP contribution is 2.38. The predicted octanol–water partition coefficient (Wildman–Crippen LogP) is 3.13. The maximum Gasteiger partial charge on any atom is 0.276 e. The molecule has 3 heterocycles. The second kappa shape index (κ2) is 8.74. The van der Waals surface area contributed by atoms with Gasteiger partial charge in [0.25, 0.3) is 5.91 Å². The summed E-state index contributed by atoms with van der Waals surface area (Å²) in [6.07, 6.45) is 9.56. The van der Waals surface area contributed by atoms with Gasteiger partial charge < -0.3 is 9.32 Å². The summed E-state index contributed by atoms with van der Waals surface area (Å²) in [6.45, 7) is 6.57. The zero-order valence-electron chi connectivity index (χ0n) is 17.4. The Balaban J connectivity index is 1.08. The summed E-state index contributed by atoms with van der Waals surface area (Å²) in [5, 5.41) is 0. The molecule has 3 aliphatic rings. The summed E-state index contributed by atoms with van der Waals surface area (Å²) < 4.78 is 5.64. The van der Waals surface area contributed by atoms with Gasteiger partial charge >= 0.3 is 0 Å². The summed E-state index contributed by atoms with van der Waals surface area (Å²) in [4.78, 5) is 24.1. The molecule has 2 atom stereocenters. The van der Waals surface area contributed by atoms with Crippen molar-refractivity contribution < 1.29 is 9.21 Å². The molecule has 2 bridgehead atoms. The molecule has 3 fully saturated rings. The Morgan fingerprint density at radius 2 is 1.90 bits per heavy atom.